The minimum Gasteiger partial charge on any atom is -0.497 e. The first-order valence-corrected chi connectivity index (χ1v) is 9.68. The molecule has 30 heavy (non-hydrogen) atoms. The maximum atomic E-state index is 12.5. The summed E-state index contributed by atoms with van der Waals surface area (Å²) < 4.78 is 10.5. The first-order valence-electron chi connectivity index (χ1n) is 9.68. The minimum absolute atomic E-state index is 0.0550. The Bertz CT molecular complexity index is 867. The molecule has 2 rings (SSSR count). The molecule has 0 saturated heterocycles. The molecule has 0 bridgehead atoms. The lowest BCUT2D eigenvalue weighted by Crippen LogP contribution is -2.29. The van der Waals surface area contributed by atoms with Gasteiger partial charge in [0.2, 0.25) is 5.91 Å². The lowest BCUT2D eigenvalue weighted by Gasteiger charge is -2.18. The van der Waals surface area contributed by atoms with Gasteiger partial charge in [0.15, 0.2) is 0 Å². The number of methoxy groups -OCH3 is 1. The largest absolute Gasteiger partial charge is 0.497 e. The van der Waals surface area contributed by atoms with Gasteiger partial charge in [0.25, 0.3) is 0 Å². The fraction of sp³-hybridized carbons (Fsp3) is 0.318. The van der Waals surface area contributed by atoms with E-state index in [9.17, 15) is 14.4 Å². The molecule has 1 unspecified atom stereocenters. The third kappa shape index (κ3) is 7.46. The number of rotatable bonds is 9. The van der Waals surface area contributed by atoms with Crippen molar-refractivity contribution in [1.29, 1.82) is 0 Å². The van der Waals surface area contributed by atoms with E-state index < -0.39 is 12.0 Å². The highest BCUT2D eigenvalue weighted by Gasteiger charge is 2.19. The minimum atomic E-state index is -0.540. The summed E-state index contributed by atoms with van der Waals surface area (Å²) in [5, 5.41) is 8.15. The number of amides is 3. The molecular weight excluding hydrogens is 386 g/mol. The van der Waals surface area contributed by atoms with Crippen LogP contribution in [0.2, 0.25) is 0 Å². The second-order valence-electron chi connectivity index (χ2n) is 6.61. The van der Waals surface area contributed by atoms with Gasteiger partial charge in [-0.05, 0) is 36.2 Å². The summed E-state index contributed by atoms with van der Waals surface area (Å²) in [6, 6.07) is 12.8. The maximum absolute atomic E-state index is 12.5. The number of urea groups is 1. The molecule has 0 aliphatic rings. The highest BCUT2D eigenvalue weighted by Crippen LogP contribution is 2.23. The topological polar surface area (TPSA) is 106 Å². The summed E-state index contributed by atoms with van der Waals surface area (Å²) in [5.74, 6) is 0.199. The van der Waals surface area contributed by atoms with Crippen LogP contribution in [0.4, 0.5) is 10.5 Å². The molecule has 3 amide bonds. The highest BCUT2D eigenvalue weighted by atomic mass is 16.5. The number of ether oxygens (including phenoxy) is 2. The second kappa shape index (κ2) is 11.5. The molecule has 0 radical (unpaired) electrons. The van der Waals surface area contributed by atoms with E-state index in [1.54, 1.807) is 55.6 Å². The van der Waals surface area contributed by atoms with Crippen LogP contribution in [-0.4, -0.2) is 31.6 Å². The summed E-state index contributed by atoms with van der Waals surface area (Å²) in [6.45, 7) is 3.91. The first kappa shape index (κ1) is 22.7. The van der Waals surface area contributed by atoms with Crippen LogP contribution in [0.5, 0.6) is 11.5 Å². The van der Waals surface area contributed by atoms with Crippen molar-refractivity contribution >= 4 is 23.6 Å². The van der Waals surface area contributed by atoms with E-state index in [4.69, 9.17) is 9.47 Å². The number of carbonyl (C=O) groups is 3. The number of hydrogen-bond donors (Lipinski definition) is 3. The van der Waals surface area contributed by atoms with E-state index in [0.29, 0.717) is 23.7 Å². The van der Waals surface area contributed by atoms with E-state index >= 15 is 0 Å². The normalized spacial score (nSPS) is 11.2. The zero-order valence-corrected chi connectivity index (χ0v) is 17.4. The van der Waals surface area contributed by atoms with Crippen molar-refractivity contribution in [1.82, 2.24) is 10.6 Å². The lowest BCUT2D eigenvalue weighted by molar-refractivity contribution is -0.135. The van der Waals surface area contributed by atoms with Gasteiger partial charge in [-0.1, -0.05) is 25.1 Å². The molecule has 160 valence electrons. The Balaban J connectivity index is 2.03. The smallest absolute Gasteiger partial charge is 0.319 e. The lowest BCUT2D eigenvalue weighted by atomic mass is 10.0. The molecule has 8 heteroatoms. The summed E-state index contributed by atoms with van der Waals surface area (Å²) in [6.07, 6.45) is 0.773. The van der Waals surface area contributed by atoms with Crippen LogP contribution in [0.1, 0.15) is 38.3 Å². The van der Waals surface area contributed by atoms with Gasteiger partial charge in [-0.2, -0.15) is 0 Å². The van der Waals surface area contributed by atoms with E-state index in [-0.39, 0.29) is 18.4 Å². The van der Waals surface area contributed by atoms with Crippen molar-refractivity contribution in [2.24, 2.45) is 0 Å². The molecule has 0 fully saturated rings. The SMILES string of the molecule is CCCNC(=O)Nc1cccc(OC(=O)CC(NC(C)=O)c2ccc(OC)cc2)c1. The summed E-state index contributed by atoms with van der Waals surface area (Å²) in [4.78, 5) is 35.8. The molecule has 2 aromatic rings. The van der Waals surface area contributed by atoms with Gasteiger partial charge in [0, 0.05) is 25.2 Å². The molecule has 3 N–H and O–H groups in total. The van der Waals surface area contributed by atoms with Gasteiger partial charge in [0.05, 0.1) is 19.6 Å². The predicted octanol–water partition coefficient (Wildman–Crippen LogP) is 3.40. The van der Waals surface area contributed by atoms with Crippen molar-refractivity contribution in [2.75, 3.05) is 19.0 Å². The molecular formula is C22H27N3O5. The van der Waals surface area contributed by atoms with Crippen LogP contribution in [0.25, 0.3) is 0 Å². The van der Waals surface area contributed by atoms with Crippen molar-refractivity contribution in [3.63, 3.8) is 0 Å². The van der Waals surface area contributed by atoms with Crippen LogP contribution >= 0.6 is 0 Å². The summed E-state index contributed by atoms with van der Waals surface area (Å²) >= 11 is 0. The Hall–Kier alpha value is -3.55. The zero-order valence-electron chi connectivity index (χ0n) is 17.4. The molecule has 8 nitrogen and oxygen atoms in total. The van der Waals surface area contributed by atoms with Gasteiger partial charge in [-0.25, -0.2) is 4.79 Å². The third-order valence-electron chi connectivity index (χ3n) is 4.13. The number of carbonyl (C=O) groups excluding carboxylic acids is 3. The number of benzene rings is 2. The Morgan fingerprint density at radius 2 is 1.77 bits per heavy atom. The Kier molecular flexibility index (Phi) is 8.68. The maximum Gasteiger partial charge on any atom is 0.319 e. The van der Waals surface area contributed by atoms with Gasteiger partial charge >= 0.3 is 12.0 Å². The van der Waals surface area contributed by atoms with Crippen LogP contribution < -0.4 is 25.4 Å². The Morgan fingerprint density at radius 3 is 2.40 bits per heavy atom. The average Bonchev–Trinajstić information content (AvgIpc) is 2.71. The molecule has 1 atom stereocenters. The molecule has 0 saturated carbocycles. The standard InChI is InChI=1S/C22H27N3O5/c1-4-12-23-22(28)25-17-6-5-7-19(13-17)30-21(27)14-20(24-15(2)26)16-8-10-18(29-3)11-9-16/h5-11,13,20H,4,12,14H2,1-3H3,(H,24,26)(H2,23,25,28). The number of esters is 1. The third-order valence-corrected chi connectivity index (χ3v) is 4.13. The summed E-state index contributed by atoms with van der Waals surface area (Å²) in [5.41, 5.74) is 1.26. The van der Waals surface area contributed by atoms with E-state index in [0.717, 1.165) is 12.0 Å². The van der Waals surface area contributed by atoms with Crippen molar-refractivity contribution in [2.45, 2.75) is 32.7 Å². The monoisotopic (exact) mass is 413 g/mol. The average molecular weight is 413 g/mol. The molecule has 0 aromatic heterocycles. The van der Waals surface area contributed by atoms with E-state index in [2.05, 4.69) is 16.0 Å². The second-order valence-corrected chi connectivity index (χ2v) is 6.61. The van der Waals surface area contributed by atoms with Gasteiger partial charge in [-0.3, -0.25) is 9.59 Å². The Morgan fingerprint density at radius 1 is 1.03 bits per heavy atom. The summed E-state index contributed by atoms with van der Waals surface area (Å²) in [7, 11) is 1.56. The van der Waals surface area contributed by atoms with Crippen LogP contribution in [0, 0.1) is 0 Å². The van der Waals surface area contributed by atoms with Crippen molar-refractivity contribution in [3.05, 3.63) is 54.1 Å². The fourth-order valence-electron chi connectivity index (χ4n) is 2.72. The fourth-order valence-corrected chi connectivity index (χ4v) is 2.72. The highest BCUT2D eigenvalue weighted by molar-refractivity contribution is 5.89. The van der Waals surface area contributed by atoms with Crippen LogP contribution in [0.15, 0.2) is 48.5 Å². The first-order chi connectivity index (χ1) is 14.4. The van der Waals surface area contributed by atoms with Gasteiger partial charge in [-0.15, -0.1) is 0 Å². The molecule has 2 aromatic carbocycles. The number of hydrogen-bond acceptors (Lipinski definition) is 5. The molecule has 0 spiro atoms. The van der Waals surface area contributed by atoms with E-state index in [1.807, 2.05) is 6.92 Å². The number of anilines is 1. The molecule has 0 aliphatic carbocycles. The number of nitrogens with one attached hydrogen (secondary N) is 3. The Labute approximate surface area is 175 Å². The zero-order chi connectivity index (χ0) is 21.9. The predicted molar refractivity (Wildman–Crippen MR) is 114 cm³/mol. The van der Waals surface area contributed by atoms with Crippen molar-refractivity contribution in [3.8, 4) is 11.5 Å². The van der Waals surface area contributed by atoms with Gasteiger partial charge < -0.3 is 25.4 Å². The van der Waals surface area contributed by atoms with Gasteiger partial charge in [0.1, 0.15) is 11.5 Å². The quantitative estimate of drug-likeness (QED) is 0.432. The van der Waals surface area contributed by atoms with Crippen molar-refractivity contribution < 1.29 is 23.9 Å². The molecule has 0 aliphatic heterocycles. The van der Waals surface area contributed by atoms with Crippen LogP contribution in [-0.2, 0) is 9.59 Å². The van der Waals surface area contributed by atoms with Crippen LogP contribution in [0.3, 0.4) is 0 Å². The van der Waals surface area contributed by atoms with E-state index in [1.165, 1.54) is 6.92 Å². The molecule has 0 heterocycles.